The molecule has 1 aliphatic carbocycles. The maximum atomic E-state index is 13.9. The van der Waals surface area contributed by atoms with Crippen LogP contribution in [0.15, 0.2) is 91.4 Å². The first kappa shape index (κ1) is 28.1. The van der Waals surface area contributed by atoms with E-state index in [4.69, 9.17) is 15.1 Å². The zero-order valence-corrected chi connectivity index (χ0v) is 25.3. The molecule has 3 N–H and O–H groups in total. The molecule has 7 nitrogen and oxygen atoms in total. The number of nitrogens with one attached hydrogen (secondary N) is 1. The molecule has 0 radical (unpaired) electrons. The summed E-state index contributed by atoms with van der Waals surface area (Å²) in [6, 6.07) is 24.8. The molecule has 2 aromatic carbocycles. The highest BCUT2D eigenvalue weighted by Crippen LogP contribution is 2.39. The van der Waals surface area contributed by atoms with Gasteiger partial charge in [-0.25, -0.2) is 19.3 Å². The summed E-state index contributed by atoms with van der Waals surface area (Å²) in [5.74, 6) is 0.670. The SMILES string of the molecule is CC(C)(C)[Si](O[C@H]1CC[C@H](Nc2nc(-c3cnc4ccc(F)cn34)ncc2N)CC1)(c1ccccc1)c1ccccc1. The van der Waals surface area contributed by atoms with Crippen molar-refractivity contribution in [1.82, 2.24) is 19.4 Å². The second-order valence-corrected chi connectivity index (χ2v) is 16.4. The number of imidazole rings is 1. The van der Waals surface area contributed by atoms with E-state index in [0.29, 0.717) is 28.7 Å². The zero-order valence-electron chi connectivity index (χ0n) is 24.3. The molecule has 0 atom stereocenters. The number of aromatic nitrogens is 4. The molecule has 1 saturated carbocycles. The predicted octanol–water partition coefficient (Wildman–Crippen LogP) is 5.81. The Balaban J connectivity index is 1.21. The smallest absolute Gasteiger partial charge is 0.261 e. The molecule has 6 rings (SSSR count). The van der Waals surface area contributed by atoms with Gasteiger partial charge in [-0.2, -0.15) is 0 Å². The van der Waals surface area contributed by atoms with Gasteiger partial charge in [0.25, 0.3) is 8.32 Å². The fourth-order valence-corrected chi connectivity index (χ4v) is 11.0. The van der Waals surface area contributed by atoms with Crippen LogP contribution in [0.3, 0.4) is 0 Å². The number of halogens is 1. The van der Waals surface area contributed by atoms with Gasteiger partial charge in [-0.3, -0.25) is 4.40 Å². The number of nitrogens with two attached hydrogens (primary N) is 1. The van der Waals surface area contributed by atoms with Crippen LogP contribution < -0.4 is 21.4 Å². The van der Waals surface area contributed by atoms with Crippen molar-refractivity contribution in [1.29, 1.82) is 0 Å². The van der Waals surface area contributed by atoms with E-state index in [9.17, 15) is 4.39 Å². The lowest BCUT2D eigenvalue weighted by atomic mass is 9.93. The number of rotatable bonds is 7. The van der Waals surface area contributed by atoms with Crippen LogP contribution in [0.1, 0.15) is 46.5 Å². The lowest BCUT2D eigenvalue weighted by Crippen LogP contribution is -2.67. The molecule has 0 aliphatic heterocycles. The van der Waals surface area contributed by atoms with Gasteiger partial charge in [0.05, 0.1) is 18.1 Å². The Morgan fingerprint density at radius 2 is 1.52 bits per heavy atom. The normalized spacial score (nSPS) is 17.8. The first-order chi connectivity index (χ1) is 20.2. The molecule has 3 aromatic heterocycles. The molecule has 1 fully saturated rings. The first-order valence-corrected chi connectivity index (χ1v) is 16.5. The van der Waals surface area contributed by atoms with Crippen LogP contribution in [-0.4, -0.2) is 39.8 Å². The summed E-state index contributed by atoms with van der Waals surface area (Å²) in [5, 5.41) is 6.11. The van der Waals surface area contributed by atoms with E-state index in [-0.39, 0.29) is 23.0 Å². The third kappa shape index (κ3) is 5.30. The number of hydrogen-bond donors (Lipinski definition) is 2. The van der Waals surface area contributed by atoms with Crippen molar-refractivity contribution in [3.63, 3.8) is 0 Å². The number of hydrogen-bond acceptors (Lipinski definition) is 6. The lowest BCUT2D eigenvalue weighted by Gasteiger charge is -2.46. The molecule has 0 spiro atoms. The topological polar surface area (TPSA) is 90.4 Å². The highest BCUT2D eigenvalue weighted by Gasteiger charge is 2.51. The molecule has 1 aliphatic rings. The monoisotopic (exact) mass is 580 g/mol. The molecule has 216 valence electrons. The fourth-order valence-electron chi connectivity index (χ4n) is 6.21. The third-order valence-corrected chi connectivity index (χ3v) is 13.4. The summed E-state index contributed by atoms with van der Waals surface area (Å²) in [6.45, 7) is 6.96. The van der Waals surface area contributed by atoms with E-state index in [0.717, 1.165) is 25.7 Å². The molecule has 0 amide bonds. The van der Waals surface area contributed by atoms with Crippen molar-refractivity contribution in [2.75, 3.05) is 11.1 Å². The maximum Gasteiger partial charge on any atom is 0.261 e. The van der Waals surface area contributed by atoms with Crippen molar-refractivity contribution >= 4 is 35.8 Å². The van der Waals surface area contributed by atoms with E-state index in [2.05, 4.69) is 96.7 Å². The van der Waals surface area contributed by atoms with Crippen molar-refractivity contribution in [2.24, 2.45) is 0 Å². The van der Waals surface area contributed by atoms with E-state index in [1.165, 1.54) is 22.6 Å². The number of fused-ring (bicyclic) bond motifs is 1. The summed E-state index contributed by atoms with van der Waals surface area (Å²) in [7, 11) is -2.60. The van der Waals surface area contributed by atoms with Crippen molar-refractivity contribution < 1.29 is 8.82 Å². The Morgan fingerprint density at radius 1 is 0.881 bits per heavy atom. The molecule has 3 heterocycles. The molecule has 9 heteroatoms. The Labute approximate surface area is 247 Å². The van der Waals surface area contributed by atoms with Crippen LogP contribution in [-0.2, 0) is 4.43 Å². The van der Waals surface area contributed by atoms with Crippen LogP contribution in [0.25, 0.3) is 17.2 Å². The highest BCUT2D eigenvalue weighted by atomic mass is 28.4. The second-order valence-electron chi connectivity index (χ2n) is 12.1. The summed E-state index contributed by atoms with van der Waals surface area (Å²) in [4.78, 5) is 13.5. The maximum absolute atomic E-state index is 13.9. The largest absolute Gasteiger partial charge is 0.404 e. The van der Waals surface area contributed by atoms with E-state index in [1.807, 2.05) is 0 Å². The fraction of sp³-hybridized carbons (Fsp3) is 0.303. The van der Waals surface area contributed by atoms with Crippen molar-refractivity contribution in [3.8, 4) is 11.5 Å². The van der Waals surface area contributed by atoms with Crippen molar-refractivity contribution in [3.05, 3.63) is 97.2 Å². The molecule has 5 aromatic rings. The zero-order chi connectivity index (χ0) is 29.3. The minimum Gasteiger partial charge on any atom is -0.404 e. The summed E-state index contributed by atoms with van der Waals surface area (Å²) in [6.07, 6.45) is 8.53. The van der Waals surface area contributed by atoms with Gasteiger partial charge in [-0.15, -0.1) is 0 Å². The molecule has 42 heavy (non-hydrogen) atoms. The van der Waals surface area contributed by atoms with Gasteiger partial charge in [-0.1, -0.05) is 81.4 Å². The molecule has 0 saturated heterocycles. The minimum absolute atomic E-state index is 0.0582. The molecular weight excluding hydrogens is 543 g/mol. The Bertz CT molecular complexity index is 1620. The van der Waals surface area contributed by atoms with Gasteiger partial charge < -0.3 is 15.5 Å². The van der Waals surface area contributed by atoms with E-state index >= 15 is 0 Å². The third-order valence-electron chi connectivity index (χ3n) is 8.29. The van der Waals surface area contributed by atoms with Crippen LogP contribution in [0, 0.1) is 5.82 Å². The van der Waals surface area contributed by atoms with E-state index in [1.54, 1.807) is 22.9 Å². The average molecular weight is 581 g/mol. The standard InChI is InChI=1S/C33H37FN6OSi/c1-33(2,3)42(26-10-6-4-7-11-26,27-12-8-5-9-13-27)41-25-17-15-24(16-18-25)38-31-28(35)20-37-32(39-31)29-21-36-30-19-14-23(34)22-40(29)30/h4-14,19-22,24-25H,15-18,35H2,1-3H3,(H,37,38,39)/t24-,25-. The van der Waals surface area contributed by atoms with Crippen molar-refractivity contribution in [2.45, 2.75) is 63.6 Å². The number of nitrogens with zero attached hydrogens (tertiary/aromatic N) is 4. The number of nitrogen functional groups attached to an aromatic ring is 1. The highest BCUT2D eigenvalue weighted by molar-refractivity contribution is 6.99. The van der Waals surface area contributed by atoms with Crippen LogP contribution >= 0.6 is 0 Å². The Kier molecular flexibility index (Phi) is 7.55. The molecular formula is C33H37FN6OSi. The van der Waals surface area contributed by atoms with Gasteiger partial charge in [-0.05, 0) is 53.2 Å². The Hall–Kier alpha value is -4.08. The average Bonchev–Trinajstić information content (AvgIpc) is 3.41. The number of anilines is 2. The number of pyridine rings is 1. The van der Waals surface area contributed by atoms with Crippen LogP contribution in [0.2, 0.25) is 5.04 Å². The van der Waals surface area contributed by atoms with E-state index < -0.39 is 8.32 Å². The predicted molar refractivity (Wildman–Crippen MR) is 169 cm³/mol. The second kappa shape index (κ2) is 11.3. The van der Waals surface area contributed by atoms with Gasteiger partial charge >= 0.3 is 0 Å². The summed E-state index contributed by atoms with van der Waals surface area (Å²) >= 11 is 0. The summed E-state index contributed by atoms with van der Waals surface area (Å²) < 4.78 is 23.0. The molecule has 0 bridgehead atoms. The van der Waals surface area contributed by atoms with Gasteiger partial charge in [0.2, 0.25) is 0 Å². The summed E-state index contributed by atoms with van der Waals surface area (Å²) in [5.41, 5.74) is 8.00. The van der Waals surface area contributed by atoms with Gasteiger partial charge in [0, 0.05) is 18.3 Å². The van der Waals surface area contributed by atoms with Crippen LogP contribution in [0.5, 0.6) is 0 Å². The lowest BCUT2D eigenvalue weighted by molar-refractivity contribution is 0.138. The first-order valence-electron chi connectivity index (χ1n) is 14.6. The quantitative estimate of drug-likeness (QED) is 0.236. The molecule has 0 unspecified atom stereocenters. The van der Waals surface area contributed by atoms with Crippen LogP contribution in [0.4, 0.5) is 15.9 Å². The minimum atomic E-state index is -2.60. The Morgan fingerprint density at radius 3 is 2.14 bits per heavy atom. The number of benzene rings is 2. The van der Waals surface area contributed by atoms with Gasteiger partial charge in [0.15, 0.2) is 11.6 Å². The van der Waals surface area contributed by atoms with Gasteiger partial charge in [0.1, 0.15) is 17.2 Å².